The quantitative estimate of drug-likeness (QED) is 0.828. The maximum Gasteiger partial charge on any atom is 0.126 e. The van der Waals surface area contributed by atoms with Gasteiger partial charge in [-0.1, -0.05) is 6.07 Å². The zero-order chi connectivity index (χ0) is 11.6. The largest absolute Gasteiger partial charge is 0.496 e. The van der Waals surface area contributed by atoms with Gasteiger partial charge in [-0.25, -0.2) is 0 Å². The Kier molecular flexibility index (Phi) is 3.06. The molecule has 0 atom stereocenters. The fraction of sp³-hybridized carbons (Fsp3) is 0.538. The van der Waals surface area contributed by atoms with E-state index in [-0.39, 0.29) is 5.41 Å². The lowest BCUT2D eigenvalue weighted by Crippen LogP contribution is -2.21. The van der Waals surface area contributed by atoms with Crippen LogP contribution in [0.2, 0.25) is 0 Å². The molecule has 0 aromatic heterocycles. The number of hydrogen-bond donors (Lipinski definition) is 1. The highest BCUT2D eigenvalue weighted by atomic mass is 16.5. The lowest BCUT2D eigenvalue weighted by Gasteiger charge is -2.20. The van der Waals surface area contributed by atoms with Crippen molar-refractivity contribution in [1.82, 2.24) is 0 Å². The average Bonchev–Trinajstić information content (AvgIpc) is 3.10. The molecule has 1 aliphatic carbocycles. The van der Waals surface area contributed by atoms with Crippen molar-refractivity contribution in [3.63, 3.8) is 0 Å². The molecule has 0 heterocycles. The van der Waals surface area contributed by atoms with Crippen molar-refractivity contribution in [2.45, 2.75) is 25.2 Å². The molecule has 0 bridgehead atoms. The highest BCUT2D eigenvalue weighted by Gasteiger charge is 2.46. The van der Waals surface area contributed by atoms with Gasteiger partial charge in [0.05, 0.1) is 13.7 Å². The summed E-state index contributed by atoms with van der Waals surface area (Å²) in [6, 6.07) is 5.94. The summed E-state index contributed by atoms with van der Waals surface area (Å²) >= 11 is 0. The van der Waals surface area contributed by atoms with Gasteiger partial charge in [-0.15, -0.1) is 0 Å². The van der Waals surface area contributed by atoms with E-state index in [0.717, 1.165) is 29.9 Å². The molecule has 1 aromatic rings. The summed E-state index contributed by atoms with van der Waals surface area (Å²) in [5.41, 5.74) is 7.13. The molecule has 0 spiro atoms. The van der Waals surface area contributed by atoms with Crippen molar-refractivity contribution in [3.05, 3.63) is 23.8 Å². The number of hydrogen-bond acceptors (Lipinski definition) is 3. The van der Waals surface area contributed by atoms with Crippen LogP contribution >= 0.6 is 0 Å². The molecule has 1 fully saturated rings. The standard InChI is InChI=1S/C13H19NO2/c1-3-16-11-6-4-5-10(15-2)12(11)13(9-14)7-8-13/h4-6H,3,7-9,14H2,1-2H3. The summed E-state index contributed by atoms with van der Waals surface area (Å²) < 4.78 is 11.1. The van der Waals surface area contributed by atoms with Crippen LogP contribution in [0.15, 0.2) is 18.2 Å². The number of nitrogens with two attached hydrogens (primary N) is 1. The molecule has 0 unspecified atom stereocenters. The van der Waals surface area contributed by atoms with Gasteiger partial charge in [-0.05, 0) is 31.9 Å². The Morgan fingerprint density at radius 3 is 2.50 bits per heavy atom. The summed E-state index contributed by atoms with van der Waals surface area (Å²) in [4.78, 5) is 0. The maximum absolute atomic E-state index is 5.88. The van der Waals surface area contributed by atoms with Gasteiger partial charge in [0.1, 0.15) is 11.5 Å². The van der Waals surface area contributed by atoms with Gasteiger partial charge in [0.25, 0.3) is 0 Å². The van der Waals surface area contributed by atoms with Crippen LogP contribution in [0.3, 0.4) is 0 Å². The second-order valence-corrected chi connectivity index (χ2v) is 4.25. The third kappa shape index (κ3) is 1.76. The van der Waals surface area contributed by atoms with Gasteiger partial charge in [0.15, 0.2) is 0 Å². The summed E-state index contributed by atoms with van der Waals surface area (Å²) in [6.07, 6.45) is 2.26. The minimum absolute atomic E-state index is 0.0944. The van der Waals surface area contributed by atoms with Gasteiger partial charge in [0, 0.05) is 17.5 Å². The van der Waals surface area contributed by atoms with E-state index in [9.17, 15) is 0 Å². The Bertz CT molecular complexity index is 372. The molecule has 1 saturated carbocycles. The predicted octanol–water partition coefficient (Wildman–Crippen LogP) is 2.08. The summed E-state index contributed by atoms with van der Waals surface area (Å²) in [7, 11) is 1.70. The first-order valence-electron chi connectivity index (χ1n) is 5.78. The van der Waals surface area contributed by atoms with Crippen molar-refractivity contribution in [3.8, 4) is 11.5 Å². The summed E-state index contributed by atoms with van der Waals surface area (Å²) in [6.45, 7) is 3.32. The first-order valence-corrected chi connectivity index (χ1v) is 5.78. The molecule has 16 heavy (non-hydrogen) atoms. The highest BCUT2D eigenvalue weighted by Crippen LogP contribution is 2.53. The van der Waals surface area contributed by atoms with Gasteiger partial charge >= 0.3 is 0 Å². The van der Waals surface area contributed by atoms with E-state index in [4.69, 9.17) is 15.2 Å². The minimum Gasteiger partial charge on any atom is -0.496 e. The van der Waals surface area contributed by atoms with Crippen LogP contribution in [0.4, 0.5) is 0 Å². The SMILES string of the molecule is CCOc1cccc(OC)c1C1(CN)CC1. The van der Waals surface area contributed by atoms with Crippen LogP contribution < -0.4 is 15.2 Å². The third-order valence-electron chi connectivity index (χ3n) is 3.28. The lowest BCUT2D eigenvalue weighted by molar-refractivity contribution is 0.326. The first-order chi connectivity index (χ1) is 7.77. The number of methoxy groups -OCH3 is 1. The number of ether oxygens (including phenoxy) is 2. The first kappa shape index (κ1) is 11.3. The summed E-state index contributed by atoms with van der Waals surface area (Å²) in [5, 5.41) is 0. The van der Waals surface area contributed by atoms with Crippen LogP contribution in [0.5, 0.6) is 11.5 Å². The topological polar surface area (TPSA) is 44.5 Å². The van der Waals surface area contributed by atoms with Gasteiger partial charge < -0.3 is 15.2 Å². The van der Waals surface area contributed by atoms with Crippen molar-refractivity contribution in [2.24, 2.45) is 5.73 Å². The molecular weight excluding hydrogens is 202 g/mol. The molecule has 1 aliphatic rings. The molecule has 0 saturated heterocycles. The highest BCUT2D eigenvalue weighted by molar-refractivity contribution is 5.52. The van der Waals surface area contributed by atoms with Crippen molar-refractivity contribution in [2.75, 3.05) is 20.3 Å². The Hall–Kier alpha value is -1.22. The van der Waals surface area contributed by atoms with Crippen LogP contribution in [-0.4, -0.2) is 20.3 Å². The fourth-order valence-electron chi connectivity index (χ4n) is 2.19. The van der Waals surface area contributed by atoms with E-state index >= 15 is 0 Å². The fourth-order valence-corrected chi connectivity index (χ4v) is 2.19. The van der Waals surface area contributed by atoms with Gasteiger partial charge in [0.2, 0.25) is 0 Å². The molecule has 2 rings (SSSR count). The third-order valence-corrected chi connectivity index (χ3v) is 3.28. The Morgan fingerprint density at radius 1 is 1.31 bits per heavy atom. The Morgan fingerprint density at radius 2 is 2.00 bits per heavy atom. The monoisotopic (exact) mass is 221 g/mol. The average molecular weight is 221 g/mol. The molecule has 3 heteroatoms. The van der Waals surface area contributed by atoms with Crippen molar-refractivity contribution < 1.29 is 9.47 Å². The summed E-state index contributed by atoms with van der Waals surface area (Å²) in [5.74, 6) is 1.82. The zero-order valence-corrected chi connectivity index (χ0v) is 9.95. The smallest absolute Gasteiger partial charge is 0.126 e. The second kappa shape index (κ2) is 4.34. The normalized spacial score (nSPS) is 16.9. The zero-order valence-electron chi connectivity index (χ0n) is 9.95. The van der Waals surface area contributed by atoms with Crippen molar-refractivity contribution in [1.29, 1.82) is 0 Å². The van der Waals surface area contributed by atoms with Crippen LogP contribution in [0.25, 0.3) is 0 Å². The van der Waals surface area contributed by atoms with E-state index < -0.39 is 0 Å². The molecular formula is C13H19NO2. The Balaban J connectivity index is 2.46. The molecule has 88 valence electrons. The van der Waals surface area contributed by atoms with Crippen LogP contribution in [0, 0.1) is 0 Å². The van der Waals surface area contributed by atoms with Crippen molar-refractivity contribution >= 4 is 0 Å². The molecule has 1 aromatic carbocycles. The molecule has 2 N–H and O–H groups in total. The van der Waals surface area contributed by atoms with Gasteiger partial charge in [-0.3, -0.25) is 0 Å². The van der Waals surface area contributed by atoms with E-state index in [0.29, 0.717) is 13.2 Å². The number of rotatable bonds is 5. The number of benzene rings is 1. The minimum atomic E-state index is 0.0944. The molecule has 0 radical (unpaired) electrons. The van der Waals surface area contributed by atoms with Crippen LogP contribution in [-0.2, 0) is 5.41 Å². The predicted molar refractivity (Wildman–Crippen MR) is 64.1 cm³/mol. The van der Waals surface area contributed by atoms with E-state index in [1.807, 2.05) is 25.1 Å². The van der Waals surface area contributed by atoms with E-state index in [1.54, 1.807) is 7.11 Å². The second-order valence-electron chi connectivity index (χ2n) is 4.25. The maximum atomic E-state index is 5.88. The van der Waals surface area contributed by atoms with E-state index in [1.165, 1.54) is 0 Å². The lowest BCUT2D eigenvalue weighted by atomic mass is 9.94. The molecule has 0 aliphatic heterocycles. The van der Waals surface area contributed by atoms with Gasteiger partial charge in [-0.2, -0.15) is 0 Å². The van der Waals surface area contributed by atoms with Crippen LogP contribution in [0.1, 0.15) is 25.3 Å². The Labute approximate surface area is 96.5 Å². The van der Waals surface area contributed by atoms with E-state index in [2.05, 4.69) is 0 Å². The molecule has 3 nitrogen and oxygen atoms in total. The molecule has 0 amide bonds.